The molecule has 8 heteroatoms. The highest BCUT2D eigenvalue weighted by atomic mass is 31.2. The maximum Gasteiger partial charge on any atom is 0.469 e. The number of aromatic nitrogens is 1. The van der Waals surface area contributed by atoms with Gasteiger partial charge in [0, 0.05) is 11.7 Å². The number of phosphoric ester groups is 1. The fraction of sp³-hybridized carbons (Fsp3) is 0.273. The average molecular weight is 289 g/mol. The van der Waals surface area contributed by atoms with Gasteiger partial charge in [0.25, 0.3) is 0 Å². The lowest BCUT2D eigenvalue weighted by atomic mass is 10.3. The molecular weight excluding hydrogens is 273 g/mol. The third-order valence-corrected chi connectivity index (χ3v) is 2.59. The molecule has 2 aromatic rings. The molecule has 0 aliphatic rings. The van der Waals surface area contributed by atoms with Crippen LogP contribution in [0.1, 0.15) is 0 Å². The fourth-order valence-electron chi connectivity index (χ4n) is 1.23. The van der Waals surface area contributed by atoms with Crippen LogP contribution in [0, 0.1) is 0 Å². The first-order valence-electron chi connectivity index (χ1n) is 5.43. The van der Waals surface area contributed by atoms with Crippen molar-refractivity contribution in [2.24, 2.45) is 0 Å². The summed E-state index contributed by atoms with van der Waals surface area (Å²) in [6.45, 7) is -1.15. The largest absolute Gasteiger partial charge is 0.469 e. The van der Waals surface area contributed by atoms with E-state index in [1.165, 1.54) is 10.9 Å². The van der Waals surface area contributed by atoms with Crippen LogP contribution >= 0.6 is 7.82 Å². The van der Waals surface area contributed by atoms with Gasteiger partial charge in [-0.15, -0.1) is 0 Å². The third kappa shape index (κ3) is 6.49. The summed E-state index contributed by atoms with van der Waals surface area (Å²) >= 11 is 0. The van der Waals surface area contributed by atoms with Gasteiger partial charge in [0.15, 0.2) is 0 Å². The lowest BCUT2D eigenvalue weighted by molar-refractivity contribution is 0.0419. The van der Waals surface area contributed by atoms with Crippen LogP contribution < -0.4 is 0 Å². The number of fused-ring (bicyclic) bond motifs is 1. The zero-order valence-corrected chi connectivity index (χ0v) is 10.9. The van der Waals surface area contributed by atoms with E-state index in [1.807, 2.05) is 18.3 Å². The molecule has 0 radical (unpaired) electrons. The first-order chi connectivity index (χ1) is 8.92. The van der Waals surface area contributed by atoms with Crippen LogP contribution in [0.15, 0.2) is 36.5 Å². The van der Waals surface area contributed by atoms with Gasteiger partial charge < -0.3 is 25.0 Å². The quantitative estimate of drug-likeness (QED) is 0.526. The predicted octanol–water partition coefficient (Wildman–Crippen LogP) is 0.617. The Morgan fingerprint density at radius 2 is 1.95 bits per heavy atom. The van der Waals surface area contributed by atoms with Crippen molar-refractivity contribution in [3.05, 3.63) is 36.5 Å². The fourth-order valence-corrected chi connectivity index (χ4v) is 1.60. The number of phosphoric acid groups is 1. The van der Waals surface area contributed by atoms with E-state index >= 15 is 0 Å². The van der Waals surface area contributed by atoms with Crippen molar-refractivity contribution in [2.75, 3.05) is 13.2 Å². The van der Waals surface area contributed by atoms with Gasteiger partial charge in [-0.2, -0.15) is 0 Å². The molecule has 2 rings (SSSR count). The van der Waals surface area contributed by atoms with E-state index in [9.17, 15) is 4.57 Å². The van der Waals surface area contributed by atoms with Crippen molar-refractivity contribution in [1.29, 1.82) is 0 Å². The predicted molar refractivity (Wildman–Crippen MR) is 69.4 cm³/mol. The summed E-state index contributed by atoms with van der Waals surface area (Å²) in [4.78, 5) is 19.2. The topological polar surface area (TPSA) is 123 Å². The molecule has 0 saturated heterocycles. The highest BCUT2D eigenvalue weighted by Crippen LogP contribution is 2.35. The maximum atomic E-state index is 9.93. The van der Waals surface area contributed by atoms with Crippen LogP contribution in [-0.2, 0) is 9.09 Å². The molecule has 5 N–H and O–H groups in total. The number of benzene rings is 1. The van der Waals surface area contributed by atoms with Crippen molar-refractivity contribution in [2.45, 2.75) is 6.10 Å². The molecule has 1 unspecified atom stereocenters. The summed E-state index contributed by atoms with van der Waals surface area (Å²) < 4.78 is 13.8. The molecule has 7 nitrogen and oxygen atoms in total. The Morgan fingerprint density at radius 3 is 2.53 bits per heavy atom. The van der Waals surface area contributed by atoms with Crippen molar-refractivity contribution >= 4 is 18.7 Å². The molecule has 1 aromatic heterocycles. The van der Waals surface area contributed by atoms with Crippen molar-refractivity contribution in [3.8, 4) is 0 Å². The molecule has 19 heavy (non-hydrogen) atoms. The van der Waals surface area contributed by atoms with E-state index in [-0.39, 0.29) is 0 Å². The van der Waals surface area contributed by atoms with Crippen LogP contribution in [-0.4, -0.2) is 44.3 Å². The Labute approximate surface area is 109 Å². The lowest BCUT2D eigenvalue weighted by Crippen LogP contribution is -2.18. The number of aromatic amines is 1. The normalized spacial score (nSPS) is 12.8. The van der Waals surface area contributed by atoms with Gasteiger partial charge in [0.2, 0.25) is 0 Å². The summed E-state index contributed by atoms with van der Waals surface area (Å²) in [5.74, 6) is 0. The zero-order chi connectivity index (χ0) is 14.3. The second kappa shape index (κ2) is 7.40. The minimum Gasteiger partial charge on any atom is -0.394 e. The number of rotatable bonds is 4. The Balaban J connectivity index is 0.000000190. The molecular formula is C11H16NO6P. The number of hydrogen-bond donors (Lipinski definition) is 5. The Hall–Kier alpha value is -1.21. The molecule has 0 spiro atoms. The molecule has 0 saturated carbocycles. The lowest BCUT2D eigenvalue weighted by Gasteiger charge is -2.07. The Kier molecular flexibility index (Phi) is 6.17. The molecule has 1 heterocycles. The van der Waals surface area contributed by atoms with Crippen molar-refractivity contribution in [1.82, 2.24) is 4.98 Å². The zero-order valence-electron chi connectivity index (χ0n) is 10.0. The molecule has 106 valence electrons. The summed E-state index contributed by atoms with van der Waals surface area (Å²) in [6, 6.07) is 10.3. The van der Waals surface area contributed by atoms with Crippen molar-refractivity contribution < 1.29 is 29.1 Å². The summed E-state index contributed by atoms with van der Waals surface area (Å²) in [6.07, 6.45) is 0.706. The Bertz CT molecular complexity index is 506. The summed E-state index contributed by atoms with van der Waals surface area (Å²) in [7, 11) is -4.50. The summed E-state index contributed by atoms with van der Waals surface area (Å²) in [5.41, 5.74) is 1.21. The number of aliphatic hydroxyl groups is 2. The van der Waals surface area contributed by atoms with Gasteiger partial charge in [-0.25, -0.2) is 4.57 Å². The van der Waals surface area contributed by atoms with E-state index in [0.717, 1.165) is 0 Å². The first kappa shape index (κ1) is 15.8. The molecule has 0 amide bonds. The van der Waals surface area contributed by atoms with Gasteiger partial charge in [-0.3, -0.25) is 4.52 Å². The number of nitrogens with one attached hydrogen (secondary N) is 1. The first-order valence-corrected chi connectivity index (χ1v) is 6.96. The molecule has 1 aromatic carbocycles. The highest BCUT2D eigenvalue weighted by molar-refractivity contribution is 7.46. The maximum absolute atomic E-state index is 9.93. The standard InChI is InChI=1S/C8H7N.C3H9O6P/c1-2-4-8-7(3-1)5-6-9-8;4-1-3(5)2-9-10(6,7)8/h1-6,9H;3-5H,1-2H2,(H2,6,7,8). The third-order valence-electron chi connectivity index (χ3n) is 2.11. The molecule has 0 aliphatic heterocycles. The van der Waals surface area contributed by atoms with E-state index < -0.39 is 27.1 Å². The monoisotopic (exact) mass is 289 g/mol. The van der Waals surface area contributed by atoms with Gasteiger partial charge >= 0.3 is 7.82 Å². The van der Waals surface area contributed by atoms with Crippen LogP contribution in [0.25, 0.3) is 10.9 Å². The second-order valence-electron chi connectivity index (χ2n) is 3.69. The van der Waals surface area contributed by atoms with E-state index in [1.54, 1.807) is 0 Å². The number of aliphatic hydroxyl groups excluding tert-OH is 2. The van der Waals surface area contributed by atoms with Gasteiger partial charge in [0.05, 0.1) is 13.2 Å². The minimum absolute atomic E-state index is 0.569. The van der Waals surface area contributed by atoms with Crippen LogP contribution in [0.4, 0.5) is 0 Å². The van der Waals surface area contributed by atoms with Crippen LogP contribution in [0.3, 0.4) is 0 Å². The number of para-hydroxylation sites is 1. The number of H-pyrrole nitrogens is 1. The van der Waals surface area contributed by atoms with E-state index in [4.69, 9.17) is 20.0 Å². The molecule has 0 bridgehead atoms. The summed E-state index contributed by atoms with van der Waals surface area (Å²) in [5, 5.41) is 17.9. The second-order valence-corrected chi connectivity index (χ2v) is 4.93. The smallest absolute Gasteiger partial charge is 0.394 e. The van der Waals surface area contributed by atoms with Gasteiger partial charge in [-0.1, -0.05) is 18.2 Å². The van der Waals surface area contributed by atoms with E-state index in [0.29, 0.717) is 0 Å². The SMILES string of the molecule is O=P(O)(O)OCC(O)CO.c1ccc2[nH]ccc2c1. The average Bonchev–Trinajstić information content (AvgIpc) is 2.84. The van der Waals surface area contributed by atoms with Crippen LogP contribution in [0.2, 0.25) is 0 Å². The molecule has 0 aliphatic carbocycles. The number of hydrogen-bond acceptors (Lipinski definition) is 4. The van der Waals surface area contributed by atoms with Crippen LogP contribution in [0.5, 0.6) is 0 Å². The highest BCUT2D eigenvalue weighted by Gasteiger charge is 2.15. The van der Waals surface area contributed by atoms with E-state index in [2.05, 4.69) is 27.7 Å². The van der Waals surface area contributed by atoms with Gasteiger partial charge in [0.1, 0.15) is 6.10 Å². The van der Waals surface area contributed by atoms with Crippen molar-refractivity contribution in [3.63, 3.8) is 0 Å². The minimum atomic E-state index is -4.50. The van der Waals surface area contributed by atoms with Gasteiger partial charge in [-0.05, 0) is 17.5 Å². The molecule has 0 fully saturated rings. The Morgan fingerprint density at radius 1 is 1.26 bits per heavy atom. The molecule has 1 atom stereocenters.